The standard InChI is InChI=1S/C29H27FN6O3/c1-35(2)14-20-17(16-9-11-38-15-16)4-7-24(33-20)32-19-5-3-18(26-27(19)29(37)34-28(26)30)22-13-31-25-8-6-23-21(36(22)25)10-12-39-23/h3-8,10,12-13,16,28H,9,11,14-15H2,1-2H3,(H,32,33)(H,34,37)/t16?,28-/m1/s1. The van der Waals surface area contributed by atoms with E-state index < -0.39 is 12.2 Å². The molecule has 39 heavy (non-hydrogen) atoms. The zero-order chi connectivity index (χ0) is 26.7. The molecule has 10 heteroatoms. The van der Waals surface area contributed by atoms with Crippen LogP contribution in [-0.4, -0.2) is 52.5 Å². The number of hydrogen-bond acceptors (Lipinski definition) is 7. The second-order valence-corrected chi connectivity index (χ2v) is 10.3. The van der Waals surface area contributed by atoms with Crippen LogP contribution in [0.3, 0.4) is 0 Å². The number of aromatic nitrogens is 3. The van der Waals surface area contributed by atoms with E-state index in [1.54, 1.807) is 18.5 Å². The van der Waals surface area contributed by atoms with Crippen molar-refractivity contribution >= 4 is 34.2 Å². The average Bonchev–Trinajstić information content (AvgIpc) is 3.71. The molecule has 2 aliphatic rings. The fourth-order valence-corrected chi connectivity index (χ4v) is 5.71. The molecule has 1 amide bonds. The molecule has 2 N–H and O–H groups in total. The number of nitrogens with one attached hydrogen (secondary N) is 2. The summed E-state index contributed by atoms with van der Waals surface area (Å²) in [4.78, 5) is 24.5. The second kappa shape index (κ2) is 9.18. The molecule has 1 unspecified atom stereocenters. The molecule has 0 bridgehead atoms. The number of carbonyl (C=O) groups excluding carboxylic acids is 1. The van der Waals surface area contributed by atoms with Crippen LogP contribution in [0.5, 0.6) is 0 Å². The molecule has 2 atom stereocenters. The summed E-state index contributed by atoms with van der Waals surface area (Å²) in [6, 6.07) is 13.2. The van der Waals surface area contributed by atoms with Gasteiger partial charge in [-0.1, -0.05) is 12.1 Å². The van der Waals surface area contributed by atoms with Crippen LogP contribution in [0.15, 0.2) is 59.3 Å². The van der Waals surface area contributed by atoms with Gasteiger partial charge in [-0.05, 0) is 50.3 Å². The summed E-state index contributed by atoms with van der Waals surface area (Å²) in [5.74, 6) is 0.433. The molecule has 6 heterocycles. The van der Waals surface area contributed by atoms with E-state index in [0.717, 1.165) is 24.2 Å². The maximum atomic E-state index is 15.4. The monoisotopic (exact) mass is 526 g/mol. The normalized spacial score (nSPS) is 18.8. The van der Waals surface area contributed by atoms with Gasteiger partial charge in [0.25, 0.3) is 5.91 Å². The summed E-state index contributed by atoms with van der Waals surface area (Å²) in [6.07, 6.45) is 2.62. The SMILES string of the molecule is CN(C)Cc1nc(Nc2ccc(-c3cnc4ccc5occc5n34)c3c2C(=O)N[C@H]3F)ccc1C1CCOC1. The molecule has 5 aromatic rings. The first-order valence-electron chi connectivity index (χ1n) is 12.9. The Balaban J connectivity index is 1.32. The van der Waals surface area contributed by atoms with Crippen molar-refractivity contribution in [2.75, 3.05) is 32.6 Å². The minimum Gasteiger partial charge on any atom is -0.463 e. The minimum absolute atomic E-state index is 0.263. The molecule has 0 aliphatic carbocycles. The number of anilines is 2. The molecule has 4 aromatic heterocycles. The summed E-state index contributed by atoms with van der Waals surface area (Å²) in [6.45, 7) is 2.11. The van der Waals surface area contributed by atoms with Crippen LogP contribution in [0.25, 0.3) is 28.0 Å². The third kappa shape index (κ3) is 3.95. The molecule has 0 spiro atoms. The number of halogens is 1. The lowest BCUT2D eigenvalue weighted by Crippen LogP contribution is -2.17. The van der Waals surface area contributed by atoms with E-state index in [9.17, 15) is 4.79 Å². The van der Waals surface area contributed by atoms with Crippen molar-refractivity contribution in [3.63, 3.8) is 0 Å². The Morgan fingerprint density at radius 1 is 1.18 bits per heavy atom. The van der Waals surface area contributed by atoms with Crippen LogP contribution in [0.4, 0.5) is 15.9 Å². The Labute approximate surface area is 223 Å². The highest BCUT2D eigenvalue weighted by Gasteiger charge is 2.35. The predicted molar refractivity (Wildman–Crippen MR) is 145 cm³/mol. The number of alkyl halides is 1. The molecule has 2 aliphatic heterocycles. The van der Waals surface area contributed by atoms with Crippen molar-refractivity contribution in [2.24, 2.45) is 0 Å². The number of carbonyl (C=O) groups is 1. The summed E-state index contributed by atoms with van der Waals surface area (Å²) < 4.78 is 28.5. The van der Waals surface area contributed by atoms with Crippen LogP contribution in [0.2, 0.25) is 0 Å². The van der Waals surface area contributed by atoms with Crippen molar-refractivity contribution in [2.45, 2.75) is 25.2 Å². The molecule has 198 valence electrons. The van der Waals surface area contributed by atoms with Crippen LogP contribution >= 0.6 is 0 Å². The fraction of sp³-hybridized carbons (Fsp3) is 0.276. The zero-order valence-electron chi connectivity index (χ0n) is 21.6. The van der Waals surface area contributed by atoms with E-state index in [0.29, 0.717) is 53.1 Å². The molecule has 1 aromatic carbocycles. The number of amides is 1. The first-order chi connectivity index (χ1) is 19.0. The topological polar surface area (TPSA) is 96.9 Å². The Morgan fingerprint density at radius 3 is 2.90 bits per heavy atom. The lowest BCUT2D eigenvalue weighted by Gasteiger charge is -2.19. The molecule has 0 saturated carbocycles. The Morgan fingerprint density at radius 2 is 2.08 bits per heavy atom. The number of imidazole rings is 1. The van der Waals surface area contributed by atoms with E-state index in [1.807, 2.05) is 48.8 Å². The maximum Gasteiger partial charge on any atom is 0.256 e. The number of benzene rings is 1. The van der Waals surface area contributed by atoms with Crippen LogP contribution in [0, 0.1) is 0 Å². The van der Waals surface area contributed by atoms with Gasteiger partial charge in [0.1, 0.15) is 11.5 Å². The summed E-state index contributed by atoms with van der Waals surface area (Å²) >= 11 is 0. The molecule has 9 nitrogen and oxygen atoms in total. The molecular weight excluding hydrogens is 499 g/mol. The van der Waals surface area contributed by atoms with Gasteiger partial charge >= 0.3 is 0 Å². The minimum atomic E-state index is -1.65. The van der Waals surface area contributed by atoms with E-state index >= 15 is 4.39 Å². The number of pyridine rings is 2. The number of fused-ring (bicyclic) bond motifs is 4. The molecular formula is C29H27FN6O3. The number of hydrogen-bond donors (Lipinski definition) is 2. The van der Waals surface area contributed by atoms with Gasteiger partial charge in [-0.15, -0.1) is 0 Å². The largest absolute Gasteiger partial charge is 0.463 e. The van der Waals surface area contributed by atoms with Gasteiger partial charge in [0.15, 0.2) is 11.9 Å². The van der Waals surface area contributed by atoms with Gasteiger partial charge in [-0.2, -0.15) is 0 Å². The number of nitrogens with zero attached hydrogens (tertiary/aromatic N) is 4. The second-order valence-electron chi connectivity index (χ2n) is 10.3. The highest BCUT2D eigenvalue weighted by Crippen LogP contribution is 2.41. The Kier molecular flexibility index (Phi) is 5.60. The zero-order valence-corrected chi connectivity index (χ0v) is 21.6. The van der Waals surface area contributed by atoms with E-state index in [-0.39, 0.29) is 11.1 Å². The van der Waals surface area contributed by atoms with Gasteiger partial charge in [-0.25, -0.2) is 14.4 Å². The maximum absolute atomic E-state index is 15.4. The Hall–Kier alpha value is -4.28. The lowest BCUT2D eigenvalue weighted by molar-refractivity contribution is 0.0929. The highest BCUT2D eigenvalue weighted by molar-refractivity contribution is 6.06. The van der Waals surface area contributed by atoms with Crippen LogP contribution < -0.4 is 10.6 Å². The van der Waals surface area contributed by atoms with Crippen molar-refractivity contribution in [3.05, 3.63) is 77.3 Å². The molecule has 7 rings (SSSR count). The predicted octanol–water partition coefficient (Wildman–Crippen LogP) is 5.16. The van der Waals surface area contributed by atoms with Crippen molar-refractivity contribution in [1.82, 2.24) is 24.6 Å². The summed E-state index contributed by atoms with van der Waals surface area (Å²) in [5, 5.41) is 5.74. The van der Waals surface area contributed by atoms with Crippen LogP contribution in [0.1, 0.15) is 45.8 Å². The van der Waals surface area contributed by atoms with E-state index in [4.69, 9.17) is 14.1 Å². The van der Waals surface area contributed by atoms with Crippen molar-refractivity contribution < 1.29 is 18.3 Å². The average molecular weight is 527 g/mol. The first kappa shape index (κ1) is 23.8. The van der Waals surface area contributed by atoms with Gasteiger partial charge < -0.3 is 24.7 Å². The molecule has 1 saturated heterocycles. The van der Waals surface area contributed by atoms with E-state index in [1.165, 1.54) is 5.56 Å². The van der Waals surface area contributed by atoms with E-state index in [2.05, 4.69) is 26.6 Å². The van der Waals surface area contributed by atoms with Gasteiger partial charge in [0.2, 0.25) is 0 Å². The van der Waals surface area contributed by atoms with Crippen LogP contribution in [-0.2, 0) is 11.3 Å². The smallest absolute Gasteiger partial charge is 0.256 e. The van der Waals surface area contributed by atoms with Gasteiger partial charge in [0, 0.05) is 36.3 Å². The van der Waals surface area contributed by atoms with Crippen molar-refractivity contribution in [3.8, 4) is 11.3 Å². The third-order valence-electron chi connectivity index (χ3n) is 7.45. The summed E-state index contributed by atoms with van der Waals surface area (Å²) in [7, 11) is 4.01. The van der Waals surface area contributed by atoms with Gasteiger partial charge in [-0.3, -0.25) is 9.20 Å². The number of ether oxygens (including phenoxy) is 1. The third-order valence-corrected chi connectivity index (χ3v) is 7.45. The molecule has 0 radical (unpaired) electrons. The number of furan rings is 1. The summed E-state index contributed by atoms with van der Waals surface area (Å²) in [5.41, 5.74) is 6.63. The fourth-order valence-electron chi connectivity index (χ4n) is 5.71. The van der Waals surface area contributed by atoms with Crippen molar-refractivity contribution in [1.29, 1.82) is 0 Å². The quantitative estimate of drug-likeness (QED) is 0.295. The lowest BCUT2D eigenvalue weighted by atomic mass is 9.96. The first-order valence-corrected chi connectivity index (χ1v) is 12.9. The van der Waals surface area contributed by atoms with Gasteiger partial charge in [0.05, 0.1) is 47.2 Å². The molecule has 1 fully saturated rings. The highest BCUT2D eigenvalue weighted by atomic mass is 19.1. The Bertz CT molecular complexity index is 1740. The number of rotatable bonds is 6.